The van der Waals surface area contributed by atoms with Gasteiger partial charge in [-0.1, -0.05) is 207 Å². The second-order valence-corrected chi connectivity index (χ2v) is 27.3. The van der Waals surface area contributed by atoms with Crippen molar-refractivity contribution >= 4 is 17.1 Å². The Balaban J connectivity index is 0.932. The lowest BCUT2D eigenvalue weighted by atomic mass is 9.43. The highest BCUT2D eigenvalue weighted by molar-refractivity contribution is 5.97. The first-order chi connectivity index (χ1) is 37.1. The zero-order valence-electron chi connectivity index (χ0n) is 46.2. The third kappa shape index (κ3) is 6.02. The number of nitrogens with zero attached hydrogens (tertiary/aromatic N) is 1. The molecule has 4 fully saturated rings. The molecule has 17 rings (SSSR count). The first-order valence-corrected chi connectivity index (χ1v) is 29.1. The molecule has 0 aliphatic heterocycles. The minimum Gasteiger partial charge on any atom is -0.310 e. The average Bonchev–Trinajstić information content (AvgIpc) is 4.16. The van der Waals surface area contributed by atoms with E-state index >= 15 is 0 Å². The minimum absolute atomic E-state index is 0.0191. The molecule has 8 aliphatic carbocycles. The Morgan fingerprint density at radius 2 is 0.766 bits per heavy atom. The summed E-state index contributed by atoms with van der Waals surface area (Å²) in [5.74, 6) is 3.14. The molecule has 0 radical (unpaired) electrons. The second kappa shape index (κ2) is 15.5. The topological polar surface area (TPSA) is 3.24 Å². The summed E-state index contributed by atoms with van der Waals surface area (Å²) in [6, 6.07) is 74.7. The van der Waals surface area contributed by atoms with Crippen molar-refractivity contribution in [2.45, 2.75) is 115 Å². The quantitative estimate of drug-likeness (QED) is 0.170. The van der Waals surface area contributed by atoms with Gasteiger partial charge in [0.2, 0.25) is 0 Å². The standard InChI is InChI=1S/C76H69N/c1-72(2,3)48-26-32-59-60-33-27-49(73(4,5)6)42-68(60)76(67(59)41-48)66-23-14-11-17-57(66)62-35-31-54(44-70(62)76)77(52-28-24-47(25-29-52)55-19-15-20-63-58-18-9-12-21-64(58)74(7,8)71(55)63)53-30-34-61-56-16-10-13-22-65(56)75(69(61)43-53)50-37-45-36-46(39-50)40-51(75)38-45/h9-35,41-46,50-51H,36-40H2,1-8H3. The van der Waals surface area contributed by atoms with Crippen LogP contribution in [0, 0.1) is 23.7 Å². The maximum atomic E-state index is 2.69. The van der Waals surface area contributed by atoms with Gasteiger partial charge < -0.3 is 4.90 Å². The lowest BCUT2D eigenvalue weighted by Crippen LogP contribution is -2.55. The van der Waals surface area contributed by atoms with Crippen LogP contribution in [0.1, 0.15) is 143 Å². The van der Waals surface area contributed by atoms with E-state index < -0.39 is 5.41 Å². The Morgan fingerprint density at radius 3 is 1.34 bits per heavy atom. The van der Waals surface area contributed by atoms with Gasteiger partial charge in [0.1, 0.15) is 0 Å². The number of fused-ring (bicyclic) bond motifs is 16. The van der Waals surface area contributed by atoms with Gasteiger partial charge in [0.25, 0.3) is 0 Å². The maximum absolute atomic E-state index is 2.69. The number of rotatable bonds is 4. The van der Waals surface area contributed by atoms with Gasteiger partial charge in [0, 0.05) is 27.9 Å². The van der Waals surface area contributed by atoms with Crippen molar-refractivity contribution < 1.29 is 0 Å². The van der Waals surface area contributed by atoms with Gasteiger partial charge in [-0.25, -0.2) is 0 Å². The van der Waals surface area contributed by atoms with E-state index in [4.69, 9.17) is 0 Å². The second-order valence-electron chi connectivity index (χ2n) is 27.3. The van der Waals surface area contributed by atoms with Crippen molar-refractivity contribution in [1.29, 1.82) is 0 Å². The highest BCUT2D eigenvalue weighted by atomic mass is 15.1. The molecule has 0 heterocycles. The molecule has 0 saturated heterocycles. The predicted octanol–water partition coefficient (Wildman–Crippen LogP) is 19.8. The summed E-state index contributed by atoms with van der Waals surface area (Å²) in [7, 11) is 0. The number of hydrogen-bond donors (Lipinski definition) is 0. The first kappa shape index (κ1) is 45.9. The van der Waals surface area contributed by atoms with Gasteiger partial charge in [-0.3, -0.25) is 0 Å². The largest absolute Gasteiger partial charge is 0.310 e. The van der Waals surface area contributed by atoms with Crippen molar-refractivity contribution in [3.63, 3.8) is 0 Å². The summed E-state index contributed by atoms with van der Waals surface area (Å²) in [6.07, 6.45) is 6.92. The van der Waals surface area contributed by atoms with Crippen molar-refractivity contribution in [3.05, 3.63) is 244 Å². The number of hydrogen-bond acceptors (Lipinski definition) is 1. The first-order valence-electron chi connectivity index (χ1n) is 29.1. The average molecular weight is 996 g/mol. The molecule has 0 N–H and O–H groups in total. The molecule has 1 nitrogen and oxygen atoms in total. The van der Waals surface area contributed by atoms with E-state index in [-0.39, 0.29) is 21.7 Å². The van der Waals surface area contributed by atoms with Crippen LogP contribution in [0.5, 0.6) is 0 Å². The van der Waals surface area contributed by atoms with Gasteiger partial charge in [0.05, 0.1) is 5.41 Å². The molecule has 2 spiro atoms. The Labute approximate surface area is 457 Å². The SMILES string of the molecule is CC(C)(C)c1ccc2c(c1)C1(c3ccccc3-c3ccc(N(c4ccc(-c5cccc6c5C(C)(C)c5ccccc5-6)cc4)c4ccc5c(c4)C4(c6ccccc6-5)C5CC6CC(C5)CC4C6)cc31)c1cc(C(C)(C)C)ccc1-2. The van der Waals surface area contributed by atoms with Crippen molar-refractivity contribution in [1.82, 2.24) is 0 Å². The lowest BCUT2D eigenvalue weighted by molar-refractivity contribution is -0.0399. The van der Waals surface area contributed by atoms with Crippen molar-refractivity contribution in [2.24, 2.45) is 23.7 Å². The van der Waals surface area contributed by atoms with E-state index in [1.54, 1.807) is 11.1 Å². The summed E-state index contributed by atoms with van der Waals surface area (Å²) in [6.45, 7) is 19.0. The van der Waals surface area contributed by atoms with E-state index in [1.165, 1.54) is 149 Å². The molecule has 8 aliphatic rings. The van der Waals surface area contributed by atoms with Gasteiger partial charge in [-0.2, -0.15) is 0 Å². The molecule has 9 aromatic carbocycles. The summed E-state index contributed by atoms with van der Waals surface area (Å²) in [5, 5.41) is 0. The van der Waals surface area contributed by atoms with Crippen LogP contribution in [0.2, 0.25) is 0 Å². The predicted molar refractivity (Wildman–Crippen MR) is 321 cm³/mol. The number of anilines is 3. The van der Waals surface area contributed by atoms with E-state index in [2.05, 4.69) is 248 Å². The molecule has 0 aromatic heterocycles. The van der Waals surface area contributed by atoms with Gasteiger partial charge in [-0.05, 0) is 214 Å². The van der Waals surface area contributed by atoms with Crippen LogP contribution in [0.4, 0.5) is 17.1 Å². The third-order valence-electron chi connectivity index (χ3n) is 21.0. The molecular formula is C76H69N. The fraction of sp³-hybridized carbons (Fsp3) is 0.289. The van der Waals surface area contributed by atoms with Crippen molar-refractivity contribution in [3.8, 4) is 55.6 Å². The van der Waals surface area contributed by atoms with Gasteiger partial charge in [0.15, 0.2) is 0 Å². The smallest absolute Gasteiger partial charge is 0.0726 e. The maximum Gasteiger partial charge on any atom is 0.0726 e. The van der Waals surface area contributed by atoms with Gasteiger partial charge in [-0.15, -0.1) is 0 Å². The highest BCUT2D eigenvalue weighted by Gasteiger charge is 2.62. The monoisotopic (exact) mass is 996 g/mol. The molecule has 4 bridgehead atoms. The van der Waals surface area contributed by atoms with E-state index in [0.717, 1.165) is 11.8 Å². The zero-order chi connectivity index (χ0) is 52.1. The van der Waals surface area contributed by atoms with Crippen LogP contribution in [0.3, 0.4) is 0 Å². The number of benzene rings is 9. The zero-order valence-corrected chi connectivity index (χ0v) is 46.2. The summed E-state index contributed by atoms with van der Waals surface area (Å²) < 4.78 is 0. The molecule has 4 saturated carbocycles. The fourth-order valence-electron chi connectivity index (χ4n) is 17.8. The lowest BCUT2D eigenvalue weighted by Gasteiger charge is -2.61. The minimum atomic E-state index is -0.507. The van der Waals surface area contributed by atoms with Crippen LogP contribution in [-0.2, 0) is 27.1 Å². The molecule has 0 amide bonds. The van der Waals surface area contributed by atoms with Crippen LogP contribution in [-0.4, -0.2) is 0 Å². The fourth-order valence-corrected chi connectivity index (χ4v) is 17.8. The molecule has 0 atom stereocenters. The Kier molecular flexibility index (Phi) is 9.25. The highest BCUT2D eigenvalue weighted by Crippen LogP contribution is 2.70. The Bertz CT molecular complexity index is 3900. The van der Waals surface area contributed by atoms with Crippen LogP contribution in [0.15, 0.2) is 188 Å². The molecule has 1 heteroatoms. The van der Waals surface area contributed by atoms with Crippen molar-refractivity contribution in [2.75, 3.05) is 4.90 Å². The molecular weight excluding hydrogens is 927 g/mol. The van der Waals surface area contributed by atoms with E-state index in [1.807, 2.05) is 0 Å². The van der Waals surface area contributed by atoms with Crippen LogP contribution < -0.4 is 4.90 Å². The van der Waals surface area contributed by atoms with E-state index in [0.29, 0.717) is 11.8 Å². The summed E-state index contributed by atoms with van der Waals surface area (Å²) in [5.41, 5.74) is 31.0. The Hall–Kier alpha value is -7.22. The molecule has 378 valence electrons. The molecule has 77 heavy (non-hydrogen) atoms. The summed E-state index contributed by atoms with van der Waals surface area (Å²) in [4.78, 5) is 2.64. The Morgan fingerprint density at radius 1 is 0.351 bits per heavy atom. The summed E-state index contributed by atoms with van der Waals surface area (Å²) >= 11 is 0. The molecule has 0 unspecified atom stereocenters. The van der Waals surface area contributed by atoms with Crippen LogP contribution >= 0.6 is 0 Å². The van der Waals surface area contributed by atoms with Gasteiger partial charge >= 0.3 is 0 Å². The van der Waals surface area contributed by atoms with E-state index in [9.17, 15) is 0 Å². The van der Waals surface area contributed by atoms with Crippen LogP contribution in [0.25, 0.3) is 55.6 Å². The third-order valence-corrected chi connectivity index (χ3v) is 21.0. The molecule has 9 aromatic rings. The normalized spacial score (nSPS) is 22.5.